The van der Waals surface area contributed by atoms with Gasteiger partial charge in [0.1, 0.15) is 0 Å². The van der Waals surface area contributed by atoms with Gasteiger partial charge in [0.2, 0.25) is 5.95 Å². The number of nitrogens with one attached hydrogen (secondary N) is 1. The molecule has 5 heteroatoms. The van der Waals surface area contributed by atoms with Crippen LogP contribution in [0.2, 0.25) is 0 Å². The number of benzene rings is 1. The summed E-state index contributed by atoms with van der Waals surface area (Å²) >= 11 is 0. The largest absolute Gasteiger partial charge is 0.378 e. The van der Waals surface area contributed by atoms with Crippen LogP contribution in [0.25, 0.3) is 0 Å². The van der Waals surface area contributed by atoms with Gasteiger partial charge in [-0.15, -0.1) is 0 Å². The number of rotatable bonds is 4. The van der Waals surface area contributed by atoms with Crippen molar-refractivity contribution in [1.82, 2.24) is 15.3 Å². The van der Waals surface area contributed by atoms with E-state index in [2.05, 4.69) is 44.5 Å². The summed E-state index contributed by atoms with van der Waals surface area (Å²) in [6, 6.07) is 9.22. The molecule has 1 aromatic carbocycles. The minimum absolute atomic E-state index is 0.439. The van der Waals surface area contributed by atoms with E-state index >= 15 is 0 Å². The normalized spacial score (nSPS) is 20.7. The molecule has 2 aromatic rings. The van der Waals surface area contributed by atoms with Gasteiger partial charge >= 0.3 is 0 Å². The fourth-order valence-electron chi connectivity index (χ4n) is 3.57. The maximum absolute atomic E-state index is 5.37. The van der Waals surface area contributed by atoms with Gasteiger partial charge < -0.3 is 15.0 Å². The lowest BCUT2D eigenvalue weighted by Gasteiger charge is -2.27. The Morgan fingerprint density at radius 3 is 2.75 bits per heavy atom. The van der Waals surface area contributed by atoms with Crippen molar-refractivity contribution < 1.29 is 4.74 Å². The molecule has 0 radical (unpaired) electrons. The van der Waals surface area contributed by atoms with E-state index in [0.717, 1.165) is 44.4 Å². The molecule has 0 amide bonds. The smallest absolute Gasteiger partial charge is 0.225 e. The summed E-state index contributed by atoms with van der Waals surface area (Å²) in [5, 5.41) is 3.68. The van der Waals surface area contributed by atoms with Crippen molar-refractivity contribution in [3.63, 3.8) is 0 Å². The minimum atomic E-state index is 0.439. The first kappa shape index (κ1) is 15.5. The number of nitrogens with zero attached hydrogens (tertiary/aromatic N) is 3. The lowest BCUT2D eigenvalue weighted by atomic mass is 9.88. The molecule has 5 nitrogen and oxygen atoms in total. The summed E-state index contributed by atoms with van der Waals surface area (Å²) in [6.45, 7) is 4.07. The number of fused-ring (bicyclic) bond motifs is 1. The molecule has 1 aliphatic carbocycles. The van der Waals surface area contributed by atoms with E-state index in [-0.39, 0.29) is 0 Å². The van der Waals surface area contributed by atoms with Gasteiger partial charge in [0.15, 0.2) is 0 Å². The Bertz CT molecular complexity index is 667. The highest BCUT2D eigenvalue weighted by atomic mass is 16.5. The molecule has 2 heterocycles. The van der Waals surface area contributed by atoms with Crippen molar-refractivity contribution in [2.24, 2.45) is 0 Å². The Labute approximate surface area is 143 Å². The monoisotopic (exact) mass is 324 g/mol. The summed E-state index contributed by atoms with van der Waals surface area (Å²) in [6.07, 6.45) is 7.54. The lowest BCUT2D eigenvalue weighted by Crippen LogP contribution is -2.37. The van der Waals surface area contributed by atoms with Crippen LogP contribution in [-0.4, -0.2) is 36.3 Å². The highest BCUT2D eigenvalue weighted by Crippen LogP contribution is 2.29. The van der Waals surface area contributed by atoms with Gasteiger partial charge in [-0.05, 0) is 30.4 Å². The lowest BCUT2D eigenvalue weighted by molar-refractivity contribution is 0.122. The van der Waals surface area contributed by atoms with Crippen molar-refractivity contribution in [2.75, 3.05) is 31.2 Å². The number of anilines is 1. The fourth-order valence-corrected chi connectivity index (χ4v) is 3.57. The highest BCUT2D eigenvalue weighted by Gasteiger charge is 2.19. The van der Waals surface area contributed by atoms with Crippen LogP contribution in [0.15, 0.2) is 36.7 Å². The van der Waals surface area contributed by atoms with Gasteiger partial charge in [-0.2, -0.15) is 0 Å². The predicted octanol–water partition coefficient (Wildman–Crippen LogP) is 2.48. The maximum Gasteiger partial charge on any atom is 0.225 e. The second kappa shape index (κ2) is 7.28. The van der Waals surface area contributed by atoms with Crippen molar-refractivity contribution in [2.45, 2.75) is 31.8 Å². The minimum Gasteiger partial charge on any atom is -0.378 e. The van der Waals surface area contributed by atoms with Gasteiger partial charge in [-0.3, -0.25) is 0 Å². The zero-order valence-electron chi connectivity index (χ0n) is 13.9. The van der Waals surface area contributed by atoms with E-state index in [1.807, 2.05) is 12.4 Å². The van der Waals surface area contributed by atoms with Gasteiger partial charge in [-0.25, -0.2) is 9.97 Å². The number of hydrogen-bond acceptors (Lipinski definition) is 5. The van der Waals surface area contributed by atoms with E-state index in [9.17, 15) is 0 Å². The highest BCUT2D eigenvalue weighted by molar-refractivity contribution is 5.33. The van der Waals surface area contributed by atoms with Crippen LogP contribution in [0, 0.1) is 0 Å². The molecule has 126 valence electrons. The van der Waals surface area contributed by atoms with E-state index in [4.69, 9.17) is 4.74 Å². The standard InChI is InChI=1S/C19H24N4O/c1-2-6-17-16(4-1)5-3-7-18(17)20-12-15-13-21-19(22-14-15)23-8-10-24-11-9-23/h1-2,4,6,13-14,18,20H,3,5,7-12H2/t18-/m1/s1. The van der Waals surface area contributed by atoms with E-state index in [1.54, 1.807) is 0 Å². The molecule has 1 N–H and O–H groups in total. The van der Waals surface area contributed by atoms with Crippen molar-refractivity contribution in [3.8, 4) is 0 Å². The zero-order chi connectivity index (χ0) is 16.2. The zero-order valence-corrected chi connectivity index (χ0v) is 13.9. The molecule has 1 aliphatic heterocycles. The van der Waals surface area contributed by atoms with Gasteiger partial charge in [0.25, 0.3) is 0 Å². The molecule has 0 spiro atoms. The number of aryl methyl sites for hydroxylation is 1. The number of ether oxygens (including phenoxy) is 1. The van der Waals surface area contributed by atoms with Gasteiger partial charge in [-0.1, -0.05) is 24.3 Å². The molecule has 1 aromatic heterocycles. The third-order valence-corrected chi connectivity index (χ3v) is 4.91. The number of hydrogen-bond donors (Lipinski definition) is 1. The van der Waals surface area contributed by atoms with Crippen molar-refractivity contribution in [3.05, 3.63) is 53.3 Å². The van der Waals surface area contributed by atoms with E-state index in [0.29, 0.717) is 6.04 Å². The number of morpholine rings is 1. The van der Waals surface area contributed by atoms with Crippen LogP contribution in [0.1, 0.15) is 35.6 Å². The Morgan fingerprint density at radius 1 is 1.12 bits per heavy atom. The molecule has 24 heavy (non-hydrogen) atoms. The molecule has 1 fully saturated rings. The van der Waals surface area contributed by atoms with Crippen molar-refractivity contribution in [1.29, 1.82) is 0 Å². The molecular weight excluding hydrogens is 300 g/mol. The van der Waals surface area contributed by atoms with E-state index < -0.39 is 0 Å². The van der Waals surface area contributed by atoms with Crippen LogP contribution in [-0.2, 0) is 17.7 Å². The topological polar surface area (TPSA) is 50.3 Å². The predicted molar refractivity (Wildman–Crippen MR) is 94.0 cm³/mol. The summed E-state index contributed by atoms with van der Waals surface area (Å²) in [7, 11) is 0. The van der Waals surface area contributed by atoms with Crippen LogP contribution >= 0.6 is 0 Å². The quantitative estimate of drug-likeness (QED) is 0.936. The summed E-state index contributed by atoms with van der Waals surface area (Å²) in [4.78, 5) is 11.2. The van der Waals surface area contributed by atoms with Crippen LogP contribution < -0.4 is 10.2 Å². The molecular formula is C19H24N4O. The third-order valence-electron chi connectivity index (χ3n) is 4.91. The summed E-state index contributed by atoms with van der Waals surface area (Å²) in [5.41, 5.74) is 4.07. The Kier molecular flexibility index (Phi) is 4.71. The van der Waals surface area contributed by atoms with Crippen LogP contribution in [0.4, 0.5) is 5.95 Å². The first-order chi connectivity index (χ1) is 11.9. The Balaban J connectivity index is 1.38. The van der Waals surface area contributed by atoms with Gasteiger partial charge in [0, 0.05) is 43.6 Å². The average Bonchev–Trinajstić information content (AvgIpc) is 2.67. The number of aromatic nitrogens is 2. The molecule has 0 bridgehead atoms. The second-order valence-corrected chi connectivity index (χ2v) is 6.52. The molecule has 0 saturated carbocycles. The Morgan fingerprint density at radius 2 is 1.92 bits per heavy atom. The maximum atomic E-state index is 5.37. The van der Waals surface area contributed by atoms with E-state index in [1.165, 1.54) is 30.4 Å². The summed E-state index contributed by atoms with van der Waals surface area (Å²) in [5.74, 6) is 0.810. The average molecular weight is 324 g/mol. The van der Waals surface area contributed by atoms with Crippen LogP contribution in [0.3, 0.4) is 0 Å². The Hall–Kier alpha value is -1.98. The molecule has 1 saturated heterocycles. The van der Waals surface area contributed by atoms with Crippen molar-refractivity contribution >= 4 is 5.95 Å². The third kappa shape index (κ3) is 3.42. The first-order valence-electron chi connectivity index (χ1n) is 8.85. The molecule has 2 aliphatic rings. The fraction of sp³-hybridized carbons (Fsp3) is 0.474. The molecule has 4 rings (SSSR count). The second-order valence-electron chi connectivity index (χ2n) is 6.52. The first-order valence-corrected chi connectivity index (χ1v) is 8.85. The SMILES string of the molecule is c1ccc2c(c1)CCC[C@H]2NCc1cnc(N2CCOCC2)nc1. The van der Waals surface area contributed by atoms with Crippen LogP contribution in [0.5, 0.6) is 0 Å². The molecule has 1 atom stereocenters. The van der Waals surface area contributed by atoms with Gasteiger partial charge in [0.05, 0.1) is 13.2 Å². The summed E-state index contributed by atoms with van der Waals surface area (Å²) < 4.78 is 5.37. The molecule has 0 unspecified atom stereocenters.